The maximum absolute atomic E-state index is 11.9. The van der Waals surface area contributed by atoms with E-state index in [4.69, 9.17) is 11.6 Å². The molecule has 4 aromatic carbocycles. The lowest BCUT2D eigenvalue weighted by Crippen LogP contribution is -2.18. The molecule has 4 N–H and O–H groups in total. The summed E-state index contributed by atoms with van der Waals surface area (Å²) in [5.41, 5.74) is 1.66. The molecule has 0 bridgehead atoms. The van der Waals surface area contributed by atoms with Gasteiger partial charge in [-0.15, -0.1) is 0 Å². The monoisotopic (exact) mass is 600 g/mol. The van der Waals surface area contributed by atoms with Gasteiger partial charge in [0.15, 0.2) is 0 Å². The summed E-state index contributed by atoms with van der Waals surface area (Å²) in [6.07, 6.45) is 2.44. The van der Waals surface area contributed by atoms with E-state index in [-0.39, 0.29) is 21.3 Å². The molecule has 10 nitrogen and oxygen atoms in total. The first-order chi connectivity index (χ1) is 19.0. The maximum atomic E-state index is 11.9. The number of aryl methyl sites for hydroxylation is 1. The van der Waals surface area contributed by atoms with Crippen LogP contribution >= 0.6 is 11.6 Å². The molecule has 0 amide bonds. The van der Waals surface area contributed by atoms with Gasteiger partial charge in [0.25, 0.3) is 20.0 Å². The molecule has 0 spiro atoms. The van der Waals surface area contributed by atoms with Crippen LogP contribution in [0.2, 0.25) is 5.02 Å². The molecule has 0 aliphatic carbocycles. The molecule has 40 heavy (non-hydrogen) atoms. The summed E-state index contributed by atoms with van der Waals surface area (Å²) in [6, 6.07) is 25.2. The zero-order valence-electron chi connectivity index (χ0n) is 21.0. The minimum Gasteiger partial charge on any atom is -0.507 e. The first kappa shape index (κ1) is 30.2. The van der Waals surface area contributed by atoms with Gasteiger partial charge in [0, 0.05) is 16.1 Å². The van der Waals surface area contributed by atoms with Crippen LogP contribution in [0.5, 0.6) is 11.5 Å². The second kappa shape index (κ2) is 13.6. The summed E-state index contributed by atoms with van der Waals surface area (Å²) in [7, 11) is -7.40. The molecule has 13 heteroatoms. The molecule has 0 unspecified atom stereocenters. The quantitative estimate of drug-likeness (QED) is 0.174. The smallest absolute Gasteiger partial charge is 0.276 e. The number of aromatic hydroxyl groups is 2. The van der Waals surface area contributed by atoms with Gasteiger partial charge >= 0.3 is 0 Å². The van der Waals surface area contributed by atoms with Gasteiger partial charge in [-0.1, -0.05) is 54.1 Å². The van der Waals surface area contributed by atoms with Crippen LogP contribution in [0.1, 0.15) is 16.7 Å². The van der Waals surface area contributed by atoms with Crippen molar-refractivity contribution >= 4 is 44.1 Å². The number of rotatable bonds is 8. The standard InChI is InChI=1S/C14H14N2O3S.C13H11ClN2O3S/c1-11-7-8-12(14(17)9-11)10-15-16-20(18,19)13-5-3-2-4-6-13;14-11-6-7-13(17)10(8-11)9-15-16-20(18,19)12-4-2-1-3-5-12/h2-10,16-17H,1H3;1-9,16-17H/b15-10+;15-9+. The number of hydrazone groups is 2. The number of hydrogen-bond donors (Lipinski definition) is 4. The Labute approximate surface area is 237 Å². The number of phenols is 2. The summed E-state index contributed by atoms with van der Waals surface area (Å²) in [5.74, 6) is 0.00437. The number of benzene rings is 4. The summed E-state index contributed by atoms with van der Waals surface area (Å²) in [4.78, 5) is 4.39. The van der Waals surface area contributed by atoms with Crippen LogP contribution in [0.4, 0.5) is 0 Å². The van der Waals surface area contributed by atoms with Crippen LogP contribution in [-0.4, -0.2) is 39.5 Å². The largest absolute Gasteiger partial charge is 0.507 e. The van der Waals surface area contributed by atoms with Gasteiger partial charge in [-0.3, -0.25) is 0 Å². The Morgan fingerprint density at radius 3 is 1.65 bits per heavy atom. The van der Waals surface area contributed by atoms with Crippen LogP contribution < -0.4 is 9.66 Å². The highest BCUT2D eigenvalue weighted by Crippen LogP contribution is 2.20. The topological polar surface area (TPSA) is 158 Å². The number of nitrogens with zero attached hydrogens (tertiary/aromatic N) is 2. The molecule has 0 heterocycles. The van der Waals surface area contributed by atoms with Crippen molar-refractivity contribution in [3.8, 4) is 11.5 Å². The highest BCUT2D eigenvalue weighted by Gasteiger charge is 2.12. The lowest BCUT2D eigenvalue weighted by molar-refractivity contribution is 0.473. The third-order valence-corrected chi connectivity index (χ3v) is 7.75. The van der Waals surface area contributed by atoms with Gasteiger partial charge in [-0.2, -0.15) is 27.0 Å². The van der Waals surface area contributed by atoms with Crippen molar-refractivity contribution in [1.29, 1.82) is 0 Å². The second-order valence-electron chi connectivity index (χ2n) is 8.10. The first-order valence-electron chi connectivity index (χ1n) is 11.5. The Morgan fingerprint density at radius 2 is 1.15 bits per heavy atom. The van der Waals surface area contributed by atoms with Crippen LogP contribution in [-0.2, 0) is 20.0 Å². The van der Waals surface area contributed by atoms with Crippen molar-refractivity contribution < 1.29 is 27.0 Å². The Bertz CT molecular complexity index is 1710. The Morgan fingerprint density at radius 1 is 0.650 bits per heavy atom. The highest BCUT2D eigenvalue weighted by molar-refractivity contribution is 7.89. The second-order valence-corrected chi connectivity index (χ2v) is 11.9. The number of phenolic OH excluding ortho intramolecular Hbond substituents is 2. The van der Waals surface area contributed by atoms with E-state index in [1.54, 1.807) is 54.6 Å². The van der Waals surface area contributed by atoms with Crippen molar-refractivity contribution in [2.75, 3.05) is 0 Å². The van der Waals surface area contributed by atoms with E-state index >= 15 is 0 Å². The molecule has 0 aromatic heterocycles. The van der Waals surface area contributed by atoms with E-state index in [9.17, 15) is 27.0 Å². The SMILES string of the molecule is Cc1ccc(/C=N/NS(=O)(=O)c2ccccc2)c(O)c1.O=S(=O)(N/N=C/c1cc(Cl)ccc1O)c1ccccc1. The predicted octanol–water partition coefficient (Wildman–Crippen LogP) is 4.37. The van der Waals surface area contributed by atoms with Gasteiger partial charge in [-0.05, 0) is 67.1 Å². The van der Waals surface area contributed by atoms with Crippen LogP contribution in [0.25, 0.3) is 0 Å². The Hall–Kier alpha value is -4.39. The molecule has 0 fully saturated rings. The van der Waals surface area contributed by atoms with Crippen molar-refractivity contribution in [3.05, 3.63) is 119 Å². The number of sulfonamides is 2. The van der Waals surface area contributed by atoms with E-state index in [2.05, 4.69) is 19.9 Å². The Kier molecular flexibility index (Phi) is 10.3. The van der Waals surface area contributed by atoms with Crippen LogP contribution in [0, 0.1) is 6.92 Å². The maximum Gasteiger partial charge on any atom is 0.276 e. The predicted molar refractivity (Wildman–Crippen MR) is 155 cm³/mol. The summed E-state index contributed by atoms with van der Waals surface area (Å²) < 4.78 is 47.5. The summed E-state index contributed by atoms with van der Waals surface area (Å²) in [6.45, 7) is 1.85. The molecule has 208 valence electrons. The lowest BCUT2D eigenvalue weighted by Gasteiger charge is -2.03. The fourth-order valence-electron chi connectivity index (χ4n) is 3.03. The molecule has 0 radical (unpaired) electrons. The fourth-order valence-corrected chi connectivity index (χ4v) is 4.83. The van der Waals surface area contributed by atoms with E-state index in [0.29, 0.717) is 16.1 Å². The van der Waals surface area contributed by atoms with Gasteiger partial charge in [-0.25, -0.2) is 9.66 Å². The molecular formula is C27H25ClN4O6S2. The zero-order chi connectivity index (χ0) is 29.2. The van der Waals surface area contributed by atoms with E-state index in [1.807, 2.05) is 6.92 Å². The third-order valence-electron chi connectivity index (χ3n) is 5.04. The molecule has 0 atom stereocenters. The van der Waals surface area contributed by atoms with E-state index < -0.39 is 20.0 Å². The number of halogens is 1. The molecule has 0 saturated heterocycles. The average Bonchev–Trinajstić information content (AvgIpc) is 2.93. The Balaban J connectivity index is 0.000000220. The van der Waals surface area contributed by atoms with Crippen molar-refractivity contribution in [2.45, 2.75) is 16.7 Å². The van der Waals surface area contributed by atoms with Gasteiger partial charge < -0.3 is 10.2 Å². The molecule has 0 aliphatic heterocycles. The van der Waals surface area contributed by atoms with Crippen molar-refractivity contribution in [2.24, 2.45) is 10.2 Å². The van der Waals surface area contributed by atoms with Crippen molar-refractivity contribution in [3.63, 3.8) is 0 Å². The minimum atomic E-state index is -3.72. The van der Waals surface area contributed by atoms with Gasteiger partial charge in [0.05, 0.1) is 22.2 Å². The van der Waals surface area contributed by atoms with Crippen molar-refractivity contribution in [1.82, 2.24) is 9.66 Å². The van der Waals surface area contributed by atoms with Crippen LogP contribution in [0.15, 0.2) is 117 Å². The molecule has 4 aromatic rings. The number of nitrogens with one attached hydrogen (secondary N) is 2. The van der Waals surface area contributed by atoms with E-state index in [1.165, 1.54) is 54.9 Å². The number of hydrogen-bond acceptors (Lipinski definition) is 8. The molecular weight excluding hydrogens is 576 g/mol. The normalized spacial score (nSPS) is 11.7. The van der Waals surface area contributed by atoms with Gasteiger partial charge in [0.2, 0.25) is 0 Å². The molecule has 0 aliphatic rings. The van der Waals surface area contributed by atoms with Crippen LogP contribution in [0.3, 0.4) is 0 Å². The van der Waals surface area contributed by atoms with E-state index in [0.717, 1.165) is 5.56 Å². The molecule has 0 saturated carbocycles. The lowest BCUT2D eigenvalue weighted by atomic mass is 10.1. The third kappa shape index (κ3) is 8.83. The molecule has 4 rings (SSSR count). The highest BCUT2D eigenvalue weighted by atomic mass is 35.5. The van der Waals surface area contributed by atoms with Gasteiger partial charge in [0.1, 0.15) is 11.5 Å². The average molecular weight is 601 g/mol. The summed E-state index contributed by atoms with van der Waals surface area (Å²) >= 11 is 5.77. The fraction of sp³-hybridized carbons (Fsp3) is 0.0370. The first-order valence-corrected chi connectivity index (χ1v) is 14.8. The summed E-state index contributed by atoms with van der Waals surface area (Å²) in [5, 5.41) is 26.9. The zero-order valence-corrected chi connectivity index (χ0v) is 23.4. The minimum absolute atomic E-state index is 0.0444.